The fourth-order valence-electron chi connectivity index (χ4n) is 2.07. The zero-order valence-electron chi connectivity index (χ0n) is 11.6. The molecule has 0 bridgehead atoms. The zero-order chi connectivity index (χ0) is 12.5. The normalized spacial score (nSPS) is 15.3. The van der Waals surface area contributed by atoms with Gasteiger partial charge in [0.15, 0.2) is 0 Å². The smallest absolute Gasteiger partial charge is 0.0219 e. The van der Waals surface area contributed by atoms with Crippen LogP contribution in [0.25, 0.3) is 0 Å². The molecule has 0 aromatic heterocycles. The van der Waals surface area contributed by atoms with E-state index >= 15 is 0 Å². The van der Waals surface area contributed by atoms with Crippen LogP contribution in [0.1, 0.15) is 52.9 Å². The van der Waals surface area contributed by atoms with E-state index in [2.05, 4.69) is 56.2 Å². The Bertz CT molecular complexity index is 286. The van der Waals surface area contributed by atoms with Gasteiger partial charge < -0.3 is 4.90 Å². The molecule has 0 aromatic rings. The molecule has 1 nitrogen and oxygen atoms in total. The van der Waals surface area contributed by atoms with Gasteiger partial charge in [-0.1, -0.05) is 45.8 Å². The van der Waals surface area contributed by atoms with Crippen molar-refractivity contribution in [3.05, 3.63) is 42.1 Å². The van der Waals surface area contributed by atoms with E-state index in [9.17, 15) is 0 Å². The summed E-state index contributed by atoms with van der Waals surface area (Å²) in [5.41, 5.74) is 1.44. The summed E-state index contributed by atoms with van der Waals surface area (Å²) in [6.45, 7) is 7.90. The molecule has 0 atom stereocenters. The molecule has 0 N–H and O–H groups in total. The number of hydrogen-bond donors (Lipinski definition) is 0. The molecule has 1 aliphatic heterocycles. The largest absolute Gasteiger partial charge is 0.351 e. The molecule has 0 amide bonds. The van der Waals surface area contributed by atoms with Crippen LogP contribution in [0, 0.1) is 5.92 Å². The van der Waals surface area contributed by atoms with Crippen molar-refractivity contribution in [1.29, 1.82) is 0 Å². The third-order valence-electron chi connectivity index (χ3n) is 3.05. The lowest BCUT2D eigenvalue weighted by atomic mass is 9.98. The lowest BCUT2D eigenvalue weighted by Crippen LogP contribution is -2.18. The summed E-state index contributed by atoms with van der Waals surface area (Å²) in [7, 11) is 0. The first-order chi connectivity index (χ1) is 8.27. The number of rotatable bonds is 7. The summed E-state index contributed by atoms with van der Waals surface area (Å²) in [6.07, 6.45) is 17.0. The van der Waals surface area contributed by atoms with Crippen molar-refractivity contribution in [2.75, 3.05) is 6.54 Å². The van der Waals surface area contributed by atoms with Crippen molar-refractivity contribution in [2.45, 2.75) is 52.9 Å². The maximum absolute atomic E-state index is 2.38. The summed E-state index contributed by atoms with van der Waals surface area (Å²) in [5.74, 6) is 1.60. The molecule has 17 heavy (non-hydrogen) atoms. The third-order valence-corrected chi connectivity index (χ3v) is 3.05. The topological polar surface area (TPSA) is 3.24 Å². The van der Waals surface area contributed by atoms with E-state index in [4.69, 9.17) is 0 Å². The minimum atomic E-state index is 1.12. The summed E-state index contributed by atoms with van der Waals surface area (Å²) in [6, 6.07) is 0. The highest BCUT2D eigenvalue weighted by molar-refractivity contribution is 5.24. The van der Waals surface area contributed by atoms with Gasteiger partial charge in [-0.3, -0.25) is 0 Å². The van der Waals surface area contributed by atoms with Gasteiger partial charge in [0.1, 0.15) is 0 Å². The Labute approximate surface area is 107 Å². The number of unbranched alkanes of at least 4 members (excludes halogenated alkanes) is 1. The Morgan fingerprint density at radius 2 is 1.94 bits per heavy atom. The first-order valence-corrected chi connectivity index (χ1v) is 6.89. The number of allylic oxidation sites excluding steroid dienone is 5. The Balaban J connectivity index is 2.55. The zero-order valence-corrected chi connectivity index (χ0v) is 11.6. The molecule has 1 rings (SSSR count). The van der Waals surface area contributed by atoms with Gasteiger partial charge in [-0.15, -0.1) is 0 Å². The average Bonchev–Trinajstić information content (AvgIpc) is 2.53. The van der Waals surface area contributed by atoms with Crippen LogP contribution >= 0.6 is 0 Å². The highest BCUT2D eigenvalue weighted by Crippen LogP contribution is 2.23. The van der Waals surface area contributed by atoms with E-state index in [1.165, 1.54) is 31.4 Å². The summed E-state index contributed by atoms with van der Waals surface area (Å²) in [5, 5.41) is 0. The van der Waals surface area contributed by atoms with Crippen molar-refractivity contribution in [3.8, 4) is 0 Å². The molecule has 0 aromatic carbocycles. The van der Waals surface area contributed by atoms with E-state index in [1.807, 2.05) is 0 Å². The van der Waals surface area contributed by atoms with Crippen molar-refractivity contribution in [3.63, 3.8) is 0 Å². The molecule has 0 spiro atoms. The van der Waals surface area contributed by atoms with Crippen molar-refractivity contribution < 1.29 is 0 Å². The van der Waals surface area contributed by atoms with Gasteiger partial charge in [0.25, 0.3) is 0 Å². The van der Waals surface area contributed by atoms with Gasteiger partial charge >= 0.3 is 0 Å². The van der Waals surface area contributed by atoms with Gasteiger partial charge in [0, 0.05) is 18.4 Å². The fourth-order valence-corrected chi connectivity index (χ4v) is 2.07. The first-order valence-electron chi connectivity index (χ1n) is 6.89. The lowest BCUT2D eigenvalue weighted by molar-refractivity contribution is 0.442. The Morgan fingerprint density at radius 1 is 1.12 bits per heavy atom. The molecule has 1 aliphatic rings. The molecular formula is C16H26N. The standard InChI is InChI=1S/C16H26N/c1-4-6-10-15(3)14-16-11-8-7-9-13-17(16)12-5-2/h7-9,11,13H,4-6,10,12,14H2,1-3H3. The average molecular weight is 232 g/mol. The maximum Gasteiger partial charge on any atom is 0.0219 e. The number of nitrogens with zero attached hydrogens (tertiary/aromatic N) is 1. The molecule has 0 saturated carbocycles. The van der Waals surface area contributed by atoms with Gasteiger partial charge in [-0.05, 0) is 37.3 Å². The molecular weight excluding hydrogens is 206 g/mol. The Kier molecular flexibility index (Phi) is 6.76. The predicted octanol–water partition coefficient (Wildman–Crippen LogP) is 4.84. The van der Waals surface area contributed by atoms with Crippen LogP contribution in [0.5, 0.6) is 0 Å². The Morgan fingerprint density at radius 3 is 2.65 bits per heavy atom. The highest BCUT2D eigenvalue weighted by Gasteiger charge is 2.11. The van der Waals surface area contributed by atoms with E-state index in [1.54, 1.807) is 5.92 Å². The van der Waals surface area contributed by atoms with Gasteiger partial charge in [0.2, 0.25) is 0 Å². The second-order valence-corrected chi connectivity index (χ2v) is 4.82. The molecule has 1 heteroatoms. The Hall–Kier alpha value is -0.980. The maximum atomic E-state index is 2.38. The van der Waals surface area contributed by atoms with E-state index in [0.29, 0.717) is 0 Å². The first kappa shape index (κ1) is 14.1. The number of hydrogen-bond acceptors (Lipinski definition) is 1. The van der Waals surface area contributed by atoms with Crippen LogP contribution in [-0.2, 0) is 0 Å². The monoisotopic (exact) mass is 232 g/mol. The van der Waals surface area contributed by atoms with Crippen molar-refractivity contribution in [1.82, 2.24) is 4.90 Å². The van der Waals surface area contributed by atoms with Crippen LogP contribution in [-0.4, -0.2) is 11.4 Å². The highest BCUT2D eigenvalue weighted by atomic mass is 15.1. The van der Waals surface area contributed by atoms with Gasteiger partial charge in [0.05, 0.1) is 0 Å². The minimum absolute atomic E-state index is 1.12. The van der Waals surface area contributed by atoms with E-state index < -0.39 is 0 Å². The molecule has 0 fully saturated rings. The van der Waals surface area contributed by atoms with E-state index in [0.717, 1.165) is 13.0 Å². The van der Waals surface area contributed by atoms with Crippen LogP contribution in [0.2, 0.25) is 0 Å². The molecule has 1 heterocycles. The molecule has 1 radical (unpaired) electrons. The lowest BCUT2D eigenvalue weighted by Gasteiger charge is -2.24. The minimum Gasteiger partial charge on any atom is -0.351 e. The molecule has 0 aliphatic carbocycles. The molecule has 95 valence electrons. The van der Waals surface area contributed by atoms with E-state index in [-0.39, 0.29) is 0 Å². The third kappa shape index (κ3) is 5.25. The quantitative estimate of drug-likeness (QED) is 0.607. The second kappa shape index (κ2) is 8.16. The summed E-state index contributed by atoms with van der Waals surface area (Å²) >= 11 is 0. The molecule has 0 unspecified atom stereocenters. The van der Waals surface area contributed by atoms with Crippen LogP contribution in [0.4, 0.5) is 0 Å². The SMILES string of the molecule is CCCC[C](C)CC1=CC=CC=CN1CCC. The van der Waals surface area contributed by atoms with Gasteiger partial charge in [-0.25, -0.2) is 0 Å². The van der Waals surface area contributed by atoms with Crippen LogP contribution in [0.3, 0.4) is 0 Å². The second-order valence-electron chi connectivity index (χ2n) is 4.82. The summed E-state index contributed by atoms with van der Waals surface area (Å²) in [4.78, 5) is 2.38. The van der Waals surface area contributed by atoms with Crippen LogP contribution in [0.15, 0.2) is 36.2 Å². The molecule has 0 saturated heterocycles. The predicted molar refractivity (Wildman–Crippen MR) is 76.4 cm³/mol. The van der Waals surface area contributed by atoms with Gasteiger partial charge in [-0.2, -0.15) is 0 Å². The fraction of sp³-hybridized carbons (Fsp3) is 0.562. The van der Waals surface area contributed by atoms with Crippen LogP contribution < -0.4 is 0 Å². The summed E-state index contributed by atoms with van der Waals surface area (Å²) < 4.78 is 0. The van der Waals surface area contributed by atoms with Crippen molar-refractivity contribution in [2.24, 2.45) is 0 Å². The van der Waals surface area contributed by atoms with Crippen molar-refractivity contribution >= 4 is 0 Å².